The number of imidazole rings is 1. The van der Waals surface area contributed by atoms with E-state index in [1.807, 2.05) is 24.7 Å². The molecule has 0 fully saturated rings. The second kappa shape index (κ2) is 8.48. The molecule has 0 aliphatic rings. The lowest BCUT2D eigenvalue weighted by Crippen LogP contribution is -2.11. The number of hydrogen-bond donors (Lipinski definition) is 3. The fourth-order valence-electron chi connectivity index (χ4n) is 4.18. The zero-order valence-electron chi connectivity index (χ0n) is 18.9. The van der Waals surface area contributed by atoms with Crippen molar-refractivity contribution in [3.8, 4) is 33.2 Å². The van der Waals surface area contributed by atoms with Gasteiger partial charge in [0.1, 0.15) is 16.9 Å². The zero-order chi connectivity index (χ0) is 23.1. The van der Waals surface area contributed by atoms with Crippen molar-refractivity contribution in [3.63, 3.8) is 0 Å². The number of nitrogens with zero attached hydrogens (tertiary/aromatic N) is 4. The minimum Gasteiger partial charge on any atom is -0.336 e. The number of pyridine rings is 2. The van der Waals surface area contributed by atoms with E-state index in [2.05, 4.69) is 80.7 Å². The summed E-state index contributed by atoms with van der Waals surface area (Å²) in [5.74, 6) is 0.722. The molecule has 0 unspecified atom stereocenters. The molecule has 3 N–H and O–H groups in total. The summed E-state index contributed by atoms with van der Waals surface area (Å²) in [6, 6.07) is 14.7. The molecule has 0 aliphatic carbocycles. The van der Waals surface area contributed by atoms with Gasteiger partial charge < -0.3 is 10.3 Å². The molecular formula is C26H23N7S. The van der Waals surface area contributed by atoms with Crippen molar-refractivity contribution in [2.45, 2.75) is 20.4 Å². The number of fused-ring (bicyclic) bond motifs is 2. The number of nitrogens with one attached hydrogen (secondary N) is 3. The highest BCUT2D eigenvalue weighted by Gasteiger charge is 2.17. The number of benzene rings is 1. The molecule has 0 atom stereocenters. The van der Waals surface area contributed by atoms with Crippen molar-refractivity contribution in [1.82, 2.24) is 35.5 Å². The van der Waals surface area contributed by atoms with Gasteiger partial charge in [-0.2, -0.15) is 5.10 Å². The van der Waals surface area contributed by atoms with Gasteiger partial charge in [-0.25, -0.2) is 4.98 Å². The van der Waals surface area contributed by atoms with E-state index < -0.39 is 0 Å². The summed E-state index contributed by atoms with van der Waals surface area (Å²) >= 11 is 1.72. The predicted molar refractivity (Wildman–Crippen MR) is 138 cm³/mol. The van der Waals surface area contributed by atoms with Crippen LogP contribution in [0.5, 0.6) is 0 Å². The first-order chi connectivity index (χ1) is 16.7. The lowest BCUT2D eigenvalue weighted by Gasteiger charge is -2.06. The van der Waals surface area contributed by atoms with E-state index in [0.717, 1.165) is 73.8 Å². The van der Waals surface area contributed by atoms with Crippen LogP contribution in [-0.4, -0.2) is 36.7 Å². The maximum Gasteiger partial charge on any atom is 0.159 e. The van der Waals surface area contributed by atoms with Gasteiger partial charge in [0.05, 0.1) is 15.9 Å². The van der Waals surface area contributed by atoms with Gasteiger partial charge in [-0.05, 0) is 61.0 Å². The third-order valence-electron chi connectivity index (χ3n) is 5.87. The number of aryl methyl sites for hydroxylation is 1. The van der Waals surface area contributed by atoms with Crippen molar-refractivity contribution in [2.24, 2.45) is 0 Å². The Bertz CT molecular complexity index is 1630. The smallest absolute Gasteiger partial charge is 0.159 e. The molecule has 6 aromatic rings. The Morgan fingerprint density at radius 3 is 2.76 bits per heavy atom. The Hall–Kier alpha value is -3.88. The minimum absolute atomic E-state index is 0.722. The molecule has 1 aromatic carbocycles. The number of rotatable bonds is 6. The normalized spacial score (nSPS) is 11.6. The van der Waals surface area contributed by atoms with Gasteiger partial charge in [0.25, 0.3) is 0 Å². The lowest BCUT2D eigenvalue weighted by molar-refractivity contribution is 0.724. The predicted octanol–water partition coefficient (Wildman–Crippen LogP) is 5.71. The van der Waals surface area contributed by atoms with E-state index in [1.54, 1.807) is 11.3 Å². The fourth-order valence-corrected chi connectivity index (χ4v) is 5.04. The van der Waals surface area contributed by atoms with Gasteiger partial charge in [0.2, 0.25) is 0 Å². The maximum atomic E-state index is 4.93. The van der Waals surface area contributed by atoms with Crippen LogP contribution in [0.4, 0.5) is 0 Å². The highest BCUT2D eigenvalue weighted by atomic mass is 32.1. The second-order valence-electron chi connectivity index (χ2n) is 8.25. The largest absolute Gasteiger partial charge is 0.336 e. The van der Waals surface area contributed by atoms with Crippen LogP contribution in [0.3, 0.4) is 0 Å². The van der Waals surface area contributed by atoms with Gasteiger partial charge >= 0.3 is 0 Å². The van der Waals surface area contributed by atoms with Crippen LogP contribution < -0.4 is 5.32 Å². The van der Waals surface area contributed by atoms with Crippen LogP contribution >= 0.6 is 11.3 Å². The van der Waals surface area contributed by atoms with Crippen LogP contribution in [0.2, 0.25) is 0 Å². The molecule has 5 aromatic heterocycles. The SMILES string of the molecule is CCNCc1cncc(-c2ccc3[nH]nc(-c4nc5c(-c6ccc(C)s6)nccc5[nH]4)c3c2)c1. The van der Waals surface area contributed by atoms with Gasteiger partial charge in [0, 0.05) is 41.0 Å². The molecule has 0 saturated carbocycles. The first kappa shape index (κ1) is 20.7. The van der Waals surface area contributed by atoms with Crippen LogP contribution in [0, 0.1) is 6.92 Å². The van der Waals surface area contributed by atoms with Gasteiger partial charge in [-0.3, -0.25) is 15.1 Å². The van der Waals surface area contributed by atoms with E-state index in [0.29, 0.717) is 0 Å². The first-order valence-corrected chi connectivity index (χ1v) is 12.1. The number of thiophene rings is 1. The topological polar surface area (TPSA) is 95.2 Å². The third kappa shape index (κ3) is 3.67. The lowest BCUT2D eigenvalue weighted by atomic mass is 10.0. The molecule has 8 heteroatoms. The molecule has 7 nitrogen and oxygen atoms in total. The summed E-state index contributed by atoms with van der Waals surface area (Å²) in [5, 5.41) is 12.1. The van der Waals surface area contributed by atoms with E-state index in [-0.39, 0.29) is 0 Å². The average molecular weight is 466 g/mol. The average Bonchev–Trinajstić information content (AvgIpc) is 3.59. The molecule has 0 aliphatic heterocycles. The summed E-state index contributed by atoms with van der Waals surface area (Å²) in [6.07, 6.45) is 5.63. The number of hydrogen-bond acceptors (Lipinski definition) is 6. The van der Waals surface area contributed by atoms with Crippen LogP contribution in [0.1, 0.15) is 17.4 Å². The quantitative estimate of drug-likeness (QED) is 0.293. The molecule has 0 saturated heterocycles. The summed E-state index contributed by atoms with van der Waals surface area (Å²) in [7, 11) is 0. The van der Waals surface area contributed by atoms with Crippen LogP contribution in [-0.2, 0) is 6.54 Å². The van der Waals surface area contributed by atoms with Crippen LogP contribution in [0.25, 0.3) is 55.2 Å². The Labute approximate surface area is 200 Å². The Kier molecular flexibility index (Phi) is 5.16. The maximum absolute atomic E-state index is 4.93. The molecule has 168 valence electrons. The number of H-pyrrole nitrogens is 2. The van der Waals surface area contributed by atoms with Crippen molar-refractivity contribution in [3.05, 3.63) is 71.5 Å². The molecule has 0 spiro atoms. The van der Waals surface area contributed by atoms with Gasteiger partial charge in [-0.15, -0.1) is 11.3 Å². The molecule has 0 amide bonds. The van der Waals surface area contributed by atoms with E-state index >= 15 is 0 Å². The Balaban J connectivity index is 1.44. The highest BCUT2D eigenvalue weighted by Crippen LogP contribution is 2.34. The van der Waals surface area contributed by atoms with E-state index in [1.165, 1.54) is 4.88 Å². The molecule has 5 heterocycles. The molecular weight excluding hydrogens is 442 g/mol. The van der Waals surface area contributed by atoms with E-state index in [4.69, 9.17) is 4.98 Å². The fraction of sp³-hybridized carbons (Fsp3) is 0.154. The van der Waals surface area contributed by atoms with Crippen molar-refractivity contribution in [1.29, 1.82) is 0 Å². The zero-order valence-corrected chi connectivity index (χ0v) is 19.7. The van der Waals surface area contributed by atoms with Crippen LogP contribution in [0.15, 0.2) is 61.1 Å². The molecule has 34 heavy (non-hydrogen) atoms. The van der Waals surface area contributed by atoms with Crippen molar-refractivity contribution < 1.29 is 0 Å². The minimum atomic E-state index is 0.722. The summed E-state index contributed by atoms with van der Waals surface area (Å²) in [5.41, 5.74) is 7.77. The number of aromatic nitrogens is 6. The standard InChI is InChI=1S/C26H23N7S/c1-3-27-12-16-10-18(14-28-13-16)17-5-6-20-19(11-17)23(33-32-20)26-30-21-8-9-29-25(24(21)31-26)22-7-4-15(2)34-22/h4-11,13-14,27H,3,12H2,1-2H3,(H,30,31)(H,32,33). The summed E-state index contributed by atoms with van der Waals surface area (Å²) in [6.45, 7) is 5.93. The highest BCUT2D eigenvalue weighted by molar-refractivity contribution is 7.15. The Morgan fingerprint density at radius 1 is 0.971 bits per heavy atom. The first-order valence-electron chi connectivity index (χ1n) is 11.2. The van der Waals surface area contributed by atoms with Crippen molar-refractivity contribution in [2.75, 3.05) is 6.54 Å². The Morgan fingerprint density at radius 2 is 1.91 bits per heavy atom. The second-order valence-corrected chi connectivity index (χ2v) is 9.53. The monoisotopic (exact) mass is 465 g/mol. The van der Waals surface area contributed by atoms with Gasteiger partial charge in [0.15, 0.2) is 5.82 Å². The molecule has 6 rings (SSSR count). The van der Waals surface area contributed by atoms with Gasteiger partial charge in [-0.1, -0.05) is 13.0 Å². The third-order valence-corrected chi connectivity index (χ3v) is 6.88. The van der Waals surface area contributed by atoms with E-state index in [9.17, 15) is 0 Å². The molecule has 0 bridgehead atoms. The van der Waals surface area contributed by atoms with Crippen molar-refractivity contribution >= 4 is 33.3 Å². The summed E-state index contributed by atoms with van der Waals surface area (Å²) in [4.78, 5) is 19.8. The number of aromatic amines is 2. The summed E-state index contributed by atoms with van der Waals surface area (Å²) < 4.78 is 0. The molecule has 0 radical (unpaired) electrons.